The Hall–Kier alpha value is -1.05. The van der Waals surface area contributed by atoms with E-state index in [4.69, 9.17) is 0 Å². The standard InChI is InChI=1S/C16H26N2/c1-13(2)15-6-4-10-18(11-5-7-15)16-9-8-14(3)12-17-16/h8-9,12-13,15H,4-7,10-11H2,1-3H3. The Labute approximate surface area is 111 Å². The molecular formula is C16H26N2. The van der Waals surface area contributed by atoms with Crippen LogP contribution in [0.3, 0.4) is 0 Å². The molecule has 1 aliphatic heterocycles. The van der Waals surface area contributed by atoms with Gasteiger partial charge in [-0.3, -0.25) is 0 Å². The maximum Gasteiger partial charge on any atom is 0.128 e. The third-order valence-corrected chi connectivity index (χ3v) is 4.17. The number of aromatic nitrogens is 1. The Bertz CT molecular complexity index is 346. The van der Waals surface area contributed by atoms with E-state index in [0.717, 1.165) is 17.7 Å². The SMILES string of the molecule is Cc1ccc(N2CCCC(C(C)C)CCC2)nc1. The molecule has 1 aromatic heterocycles. The van der Waals surface area contributed by atoms with Crippen molar-refractivity contribution in [2.24, 2.45) is 11.8 Å². The molecule has 2 rings (SSSR count). The van der Waals surface area contributed by atoms with Gasteiger partial charge in [0.05, 0.1) is 0 Å². The summed E-state index contributed by atoms with van der Waals surface area (Å²) < 4.78 is 0. The lowest BCUT2D eigenvalue weighted by Gasteiger charge is -2.30. The van der Waals surface area contributed by atoms with Crippen molar-refractivity contribution in [2.75, 3.05) is 18.0 Å². The van der Waals surface area contributed by atoms with Gasteiger partial charge >= 0.3 is 0 Å². The van der Waals surface area contributed by atoms with E-state index in [9.17, 15) is 0 Å². The van der Waals surface area contributed by atoms with Gasteiger partial charge in [0.15, 0.2) is 0 Å². The summed E-state index contributed by atoms with van der Waals surface area (Å²) in [6.45, 7) is 9.16. The van der Waals surface area contributed by atoms with Crippen molar-refractivity contribution in [1.82, 2.24) is 4.98 Å². The van der Waals surface area contributed by atoms with Gasteiger partial charge in [-0.05, 0) is 56.1 Å². The highest BCUT2D eigenvalue weighted by molar-refractivity contribution is 5.39. The van der Waals surface area contributed by atoms with Gasteiger partial charge in [0.2, 0.25) is 0 Å². The minimum Gasteiger partial charge on any atom is -0.357 e. The Morgan fingerprint density at radius 3 is 2.33 bits per heavy atom. The van der Waals surface area contributed by atoms with Crippen molar-refractivity contribution in [1.29, 1.82) is 0 Å². The Morgan fingerprint density at radius 1 is 1.17 bits per heavy atom. The Kier molecular flexibility index (Phi) is 4.62. The van der Waals surface area contributed by atoms with Crippen LogP contribution in [0.4, 0.5) is 5.82 Å². The smallest absolute Gasteiger partial charge is 0.128 e. The lowest BCUT2D eigenvalue weighted by atomic mass is 9.86. The number of aryl methyl sites for hydroxylation is 1. The lowest BCUT2D eigenvalue weighted by Crippen LogP contribution is -2.30. The molecule has 2 heteroatoms. The molecule has 0 saturated carbocycles. The first-order chi connectivity index (χ1) is 8.66. The highest BCUT2D eigenvalue weighted by Crippen LogP contribution is 2.26. The zero-order valence-corrected chi connectivity index (χ0v) is 12.0. The molecule has 0 aromatic carbocycles. The van der Waals surface area contributed by atoms with E-state index >= 15 is 0 Å². The molecule has 2 heterocycles. The van der Waals surface area contributed by atoms with Crippen LogP contribution < -0.4 is 4.90 Å². The van der Waals surface area contributed by atoms with Gasteiger partial charge < -0.3 is 4.90 Å². The maximum atomic E-state index is 4.55. The highest BCUT2D eigenvalue weighted by atomic mass is 15.2. The lowest BCUT2D eigenvalue weighted by molar-refractivity contribution is 0.312. The number of hydrogen-bond donors (Lipinski definition) is 0. The van der Waals surface area contributed by atoms with E-state index in [1.807, 2.05) is 6.20 Å². The predicted molar refractivity (Wildman–Crippen MR) is 78.0 cm³/mol. The molecule has 0 bridgehead atoms. The fourth-order valence-electron chi connectivity index (χ4n) is 2.89. The first-order valence-corrected chi connectivity index (χ1v) is 7.34. The number of hydrogen-bond acceptors (Lipinski definition) is 2. The summed E-state index contributed by atoms with van der Waals surface area (Å²) in [5.74, 6) is 2.93. The average Bonchev–Trinajstić information content (AvgIpc) is 2.30. The van der Waals surface area contributed by atoms with Gasteiger partial charge in [0.25, 0.3) is 0 Å². The van der Waals surface area contributed by atoms with Crippen molar-refractivity contribution in [2.45, 2.75) is 46.5 Å². The minimum absolute atomic E-state index is 0.842. The highest BCUT2D eigenvalue weighted by Gasteiger charge is 2.18. The number of nitrogens with zero attached hydrogens (tertiary/aromatic N) is 2. The summed E-state index contributed by atoms with van der Waals surface area (Å²) in [5, 5.41) is 0. The first-order valence-electron chi connectivity index (χ1n) is 7.34. The molecule has 0 spiro atoms. The van der Waals surface area contributed by atoms with Gasteiger partial charge in [-0.15, -0.1) is 0 Å². The third kappa shape index (κ3) is 3.47. The summed E-state index contributed by atoms with van der Waals surface area (Å²) in [7, 11) is 0. The van der Waals surface area contributed by atoms with Crippen LogP contribution in [-0.2, 0) is 0 Å². The largest absolute Gasteiger partial charge is 0.357 e. The molecule has 2 nitrogen and oxygen atoms in total. The summed E-state index contributed by atoms with van der Waals surface area (Å²) in [6.07, 6.45) is 7.34. The fourth-order valence-corrected chi connectivity index (χ4v) is 2.89. The number of rotatable bonds is 2. The zero-order valence-electron chi connectivity index (χ0n) is 12.0. The molecule has 1 aromatic rings. The van der Waals surface area contributed by atoms with E-state index in [1.54, 1.807) is 0 Å². The van der Waals surface area contributed by atoms with E-state index in [0.29, 0.717) is 0 Å². The molecule has 0 aliphatic carbocycles. The average molecular weight is 246 g/mol. The van der Waals surface area contributed by atoms with Crippen LogP contribution in [0.15, 0.2) is 18.3 Å². The van der Waals surface area contributed by atoms with E-state index in [1.165, 1.54) is 44.3 Å². The van der Waals surface area contributed by atoms with E-state index in [-0.39, 0.29) is 0 Å². The summed E-state index contributed by atoms with van der Waals surface area (Å²) >= 11 is 0. The van der Waals surface area contributed by atoms with Gasteiger partial charge in [0.1, 0.15) is 5.82 Å². The van der Waals surface area contributed by atoms with Crippen molar-refractivity contribution >= 4 is 5.82 Å². The second kappa shape index (κ2) is 6.21. The van der Waals surface area contributed by atoms with Crippen LogP contribution in [-0.4, -0.2) is 18.1 Å². The molecule has 1 fully saturated rings. The van der Waals surface area contributed by atoms with Crippen molar-refractivity contribution in [3.8, 4) is 0 Å². The van der Waals surface area contributed by atoms with Crippen LogP contribution in [0.5, 0.6) is 0 Å². The molecular weight excluding hydrogens is 220 g/mol. The van der Waals surface area contributed by atoms with Gasteiger partial charge in [-0.1, -0.05) is 19.9 Å². The van der Waals surface area contributed by atoms with Crippen molar-refractivity contribution < 1.29 is 0 Å². The molecule has 0 unspecified atom stereocenters. The summed E-state index contributed by atoms with van der Waals surface area (Å²) in [5.41, 5.74) is 1.24. The fraction of sp³-hybridized carbons (Fsp3) is 0.688. The molecule has 0 atom stereocenters. The second-order valence-corrected chi connectivity index (χ2v) is 5.97. The summed E-state index contributed by atoms with van der Waals surface area (Å²) in [6, 6.07) is 4.33. The number of pyridine rings is 1. The first kappa shape index (κ1) is 13.4. The quantitative estimate of drug-likeness (QED) is 0.783. The molecule has 0 radical (unpaired) electrons. The van der Waals surface area contributed by atoms with E-state index in [2.05, 4.69) is 42.8 Å². The van der Waals surface area contributed by atoms with Crippen molar-refractivity contribution in [3.05, 3.63) is 23.9 Å². The molecule has 100 valence electrons. The molecule has 1 aliphatic rings. The van der Waals surface area contributed by atoms with Gasteiger partial charge in [0, 0.05) is 19.3 Å². The van der Waals surface area contributed by atoms with Crippen LogP contribution in [0.1, 0.15) is 45.1 Å². The van der Waals surface area contributed by atoms with Gasteiger partial charge in [-0.25, -0.2) is 4.98 Å². The Balaban J connectivity index is 1.95. The maximum absolute atomic E-state index is 4.55. The van der Waals surface area contributed by atoms with Crippen molar-refractivity contribution in [3.63, 3.8) is 0 Å². The molecule has 1 saturated heterocycles. The topological polar surface area (TPSA) is 16.1 Å². The predicted octanol–water partition coefficient (Wildman–Crippen LogP) is 4.04. The zero-order chi connectivity index (χ0) is 13.0. The second-order valence-electron chi connectivity index (χ2n) is 5.97. The van der Waals surface area contributed by atoms with Crippen LogP contribution in [0.2, 0.25) is 0 Å². The van der Waals surface area contributed by atoms with E-state index < -0.39 is 0 Å². The number of anilines is 1. The molecule has 0 N–H and O–H groups in total. The van der Waals surface area contributed by atoms with Crippen LogP contribution >= 0.6 is 0 Å². The van der Waals surface area contributed by atoms with Crippen LogP contribution in [0, 0.1) is 18.8 Å². The third-order valence-electron chi connectivity index (χ3n) is 4.17. The molecule has 0 amide bonds. The Morgan fingerprint density at radius 2 is 1.83 bits per heavy atom. The van der Waals surface area contributed by atoms with Crippen LogP contribution in [0.25, 0.3) is 0 Å². The normalized spacial score (nSPS) is 18.8. The van der Waals surface area contributed by atoms with Gasteiger partial charge in [-0.2, -0.15) is 0 Å². The monoisotopic (exact) mass is 246 g/mol. The summed E-state index contributed by atoms with van der Waals surface area (Å²) in [4.78, 5) is 7.01. The minimum atomic E-state index is 0.842. The molecule has 18 heavy (non-hydrogen) atoms.